The minimum absolute atomic E-state index is 0.283. The monoisotopic (exact) mass is 265 g/mol. The van der Waals surface area contributed by atoms with Gasteiger partial charge in [0, 0.05) is 11.3 Å². The van der Waals surface area contributed by atoms with Crippen LogP contribution < -0.4 is 5.32 Å². The number of amides is 1. The lowest BCUT2D eigenvalue weighted by Crippen LogP contribution is -2.12. The molecule has 0 aliphatic heterocycles. The normalized spacial score (nSPS) is 10.6. The molecule has 1 N–H and O–H groups in total. The van der Waals surface area contributed by atoms with Gasteiger partial charge in [-0.15, -0.1) is 11.3 Å². The van der Waals surface area contributed by atoms with Crippen LogP contribution in [0.15, 0.2) is 10.7 Å². The van der Waals surface area contributed by atoms with Gasteiger partial charge in [-0.05, 0) is 13.3 Å². The zero-order valence-electron chi connectivity index (χ0n) is 10.6. The summed E-state index contributed by atoms with van der Waals surface area (Å²) in [4.78, 5) is 21.4. The van der Waals surface area contributed by atoms with Crippen molar-refractivity contribution in [1.82, 2.24) is 9.97 Å². The van der Waals surface area contributed by atoms with Crippen molar-refractivity contribution in [3.63, 3.8) is 0 Å². The number of aryl methyl sites for hydroxylation is 3. The van der Waals surface area contributed by atoms with E-state index in [1.165, 1.54) is 17.6 Å². The number of nitrogens with one attached hydrogen (secondary N) is 1. The minimum atomic E-state index is -0.283. The Bertz CT molecular complexity index is 559. The summed E-state index contributed by atoms with van der Waals surface area (Å²) in [6.45, 7) is 5.96. The zero-order valence-corrected chi connectivity index (χ0v) is 11.4. The first kappa shape index (κ1) is 12.8. The average molecular weight is 265 g/mol. The Hall–Kier alpha value is -1.69. The van der Waals surface area contributed by atoms with E-state index in [0.29, 0.717) is 17.4 Å². The fraction of sp³-hybridized carbons (Fsp3) is 0.417. The summed E-state index contributed by atoms with van der Waals surface area (Å²) < 4.78 is 5.13. The summed E-state index contributed by atoms with van der Waals surface area (Å²) >= 11 is 1.47. The van der Waals surface area contributed by atoms with Crippen LogP contribution in [-0.4, -0.2) is 15.9 Å². The highest BCUT2D eigenvalue weighted by Gasteiger charge is 2.14. The Labute approximate surface area is 109 Å². The molecule has 2 rings (SSSR count). The van der Waals surface area contributed by atoms with Crippen LogP contribution in [0.3, 0.4) is 0 Å². The number of anilines is 1. The third-order valence-corrected chi connectivity index (χ3v) is 3.46. The standard InChI is InChI=1S/C12H15N3O2S/c1-4-8-7(3)18-12(14-8)15-11(16)9-6-17-10(5-2)13-9/h6H,4-5H2,1-3H3,(H,14,15,16). The molecule has 0 aromatic carbocycles. The van der Waals surface area contributed by atoms with Crippen LogP contribution in [0, 0.1) is 6.92 Å². The Kier molecular flexibility index (Phi) is 3.76. The van der Waals surface area contributed by atoms with E-state index in [9.17, 15) is 4.79 Å². The molecular formula is C12H15N3O2S. The second-order valence-electron chi connectivity index (χ2n) is 3.81. The van der Waals surface area contributed by atoms with E-state index in [0.717, 1.165) is 17.0 Å². The van der Waals surface area contributed by atoms with Crippen LogP contribution >= 0.6 is 11.3 Å². The second kappa shape index (κ2) is 5.30. The van der Waals surface area contributed by atoms with Crippen molar-refractivity contribution in [2.24, 2.45) is 0 Å². The summed E-state index contributed by atoms with van der Waals surface area (Å²) in [5, 5.41) is 3.34. The van der Waals surface area contributed by atoms with E-state index in [4.69, 9.17) is 4.42 Å². The van der Waals surface area contributed by atoms with Gasteiger partial charge in [0.25, 0.3) is 5.91 Å². The fourth-order valence-corrected chi connectivity index (χ4v) is 2.45. The van der Waals surface area contributed by atoms with Crippen molar-refractivity contribution in [2.45, 2.75) is 33.6 Å². The van der Waals surface area contributed by atoms with Crippen LogP contribution in [0.2, 0.25) is 0 Å². The summed E-state index contributed by atoms with van der Waals surface area (Å²) in [7, 11) is 0. The molecule has 18 heavy (non-hydrogen) atoms. The smallest absolute Gasteiger partial charge is 0.279 e. The number of hydrogen-bond acceptors (Lipinski definition) is 5. The zero-order chi connectivity index (χ0) is 13.1. The maximum Gasteiger partial charge on any atom is 0.279 e. The lowest BCUT2D eigenvalue weighted by molar-refractivity contribution is 0.102. The Morgan fingerprint density at radius 2 is 2.17 bits per heavy atom. The maximum absolute atomic E-state index is 11.9. The largest absolute Gasteiger partial charge is 0.448 e. The van der Waals surface area contributed by atoms with Gasteiger partial charge in [-0.25, -0.2) is 9.97 Å². The van der Waals surface area contributed by atoms with Crippen LogP contribution in [0.25, 0.3) is 0 Å². The van der Waals surface area contributed by atoms with Crippen molar-refractivity contribution in [1.29, 1.82) is 0 Å². The molecule has 1 amide bonds. The summed E-state index contributed by atoms with van der Waals surface area (Å²) in [5.74, 6) is 0.277. The van der Waals surface area contributed by atoms with Crippen molar-refractivity contribution < 1.29 is 9.21 Å². The molecule has 0 aliphatic rings. The molecule has 0 atom stereocenters. The molecule has 96 valence electrons. The molecular weight excluding hydrogens is 250 g/mol. The highest BCUT2D eigenvalue weighted by molar-refractivity contribution is 7.15. The number of hydrogen-bond donors (Lipinski definition) is 1. The van der Waals surface area contributed by atoms with Gasteiger partial charge in [-0.2, -0.15) is 0 Å². The Morgan fingerprint density at radius 3 is 2.72 bits per heavy atom. The molecule has 0 unspecified atom stereocenters. The summed E-state index contributed by atoms with van der Waals surface area (Å²) in [5.41, 5.74) is 1.31. The summed E-state index contributed by atoms with van der Waals surface area (Å²) in [6, 6.07) is 0. The third-order valence-electron chi connectivity index (χ3n) is 2.53. The molecule has 0 spiro atoms. The number of carbonyl (C=O) groups is 1. The molecule has 0 saturated heterocycles. The van der Waals surface area contributed by atoms with E-state index in [2.05, 4.69) is 15.3 Å². The highest BCUT2D eigenvalue weighted by Crippen LogP contribution is 2.22. The van der Waals surface area contributed by atoms with E-state index in [1.807, 2.05) is 20.8 Å². The second-order valence-corrected chi connectivity index (χ2v) is 5.01. The number of carbonyl (C=O) groups excluding carboxylic acids is 1. The first-order chi connectivity index (χ1) is 8.63. The molecule has 0 aliphatic carbocycles. The molecule has 2 aromatic heterocycles. The number of rotatable bonds is 4. The topological polar surface area (TPSA) is 68.0 Å². The molecule has 6 heteroatoms. The molecule has 0 fully saturated rings. The number of aromatic nitrogens is 2. The maximum atomic E-state index is 11.9. The van der Waals surface area contributed by atoms with Crippen LogP contribution in [0.4, 0.5) is 5.13 Å². The minimum Gasteiger partial charge on any atom is -0.448 e. The number of nitrogens with zero attached hydrogens (tertiary/aromatic N) is 2. The Balaban J connectivity index is 2.10. The van der Waals surface area contributed by atoms with Crippen molar-refractivity contribution >= 4 is 22.4 Å². The predicted molar refractivity (Wildman–Crippen MR) is 70.1 cm³/mol. The van der Waals surface area contributed by atoms with Gasteiger partial charge >= 0.3 is 0 Å². The van der Waals surface area contributed by atoms with E-state index < -0.39 is 0 Å². The first-order valence-electron chi connectivity index (χ1n) is 5.86. The first-order valence-corrected chi connectivity index (χ1v) is 6.67. The SMILES string of the molecule is CCc1nc(C(=O)Nc2nc(CC)c(C)s2)co1. The molecule has 0 radical (unpaired) electrons. The molecule has 0 bridgehead atoms. The van der Waals surface area contributed by atoms with Crippen LogP contribution in [0.5, 0.6) is 0 Å². The predicted octanol–water partition coefficient (Wildman–Crippen LogP) is 2.82. The number of oxazole rings is 1. The van der Waals surface area contributed by atoms with Gasteiger partial charge in [-0.1, -0.05) is 13.8 Å². The number of thiazole rings is 1. The third kappa shape index (κ3) is 2.59. The molecule has 2 aromatic rings. The molecule has 2 heterocycles. The lowest BCUT2D eigenvalue weighted by atomic mass is 10.3. The van der Waals surface area contributed by atoms with Crippen LogP contribution in [0.1, 0.15) is 40.8 Å². The highest BCUT2D eigenvalue weighted by atomic mass is 32.1. The van der Waals surface area contributed by atoms with E-state index >= 15 is 0 Å². The van der Waals surface area contributed by atoms with E-state index in [1.54, 1.807) is 0 Å². The van der Waals surface area contributed by atoms with Gasteiger partial charge < -0.3 is 4.42 Å². The molecule has 5 nitrogen and oxygen atoms in total. The van der Waals surface area contributed by atoms with Gasteiger partial charge in [0.15, 0.2) is 16.7 Å². The van der Waals surface area contributed by atoms with Gasteiger partial charge in [0.1, 0.15) is 6.26 Å². The quantitative estimate of drug-likeness (QED) is 0.923. The van der Waals surface area contributed by atoms with Gasteiger partial charge in [0.05, 0.1) is 5.69 Å². The molecule has 0 saturated carbocycles. The summed E-state index contributed by atoms with van der Waals surface area (Å²) in [6.07, 6.45) is 2.90. The lowest BCUT2D eigenvalue weighted by Gasteiger charge is -1.96. The van der Waals surface area contributed by atoms with Crippen LogP contribution in [-0.2, 0) is 12.8 Å². The Morgan fingerprint density at radius 1 is 1.39 bits per heavy atom. The average Bonchev–Trinajstić information content (AvgIpc) is 2.95. The van der Waals surface area contributed by atoms with Crippen molar-refractivity contribution in [2.75, 3.05) is 5.32 Å². The van der Waals surface area contributed by atoms with E-state index in [-0.39, 0.29) is 11.6 Å². The fourth-order valence-electron chi connectivity index (χ4n) is 1.55. The van der Waals surface area contributed by atoms with Crippen molar-refractivity contribution in [3.8, 4) is 0 Å². The van der Waals surface area contributed by atoms with Gasteiger partial charge in [0.2, 0.25) is 0 Å². The van der Waals surface area contributed by atoms with Crippen molar-refractivity contribution in [3.05, 3.63) is 28.4 Å². The van der Waals surface area contributed by atoms with Gasteiger partial charge in [-0.3, -0.25) is 10.1 Å².